The molecule has 0 unspecified atom stereocenters. The highest BCUT2D eigenvalue weighted by Gasteiger charge is 2.17. The summed E-state index contributed by atoms with van der Waals surface area (Å²) in [4.78, 5) is 16.7. The summed E-state index contributed by atoms with van der Waals surface area (Å²) in [5.74, 6) is 1.53. The first-order valence-corrected chi connectivity index (χ1v) is 8.73. The molecule has 0 spiro atoms. The van der Waals surface area contributed by atoms with Crippen molar-refractivity contribution in [2.75, 3.05) is 5.32 Å². The fourth-order valence-electron chi connectivity index (χ4n) is 2.82. The van der Waals surface area contributed by atoms with Gasteiger partial charge in [0.25, 0.3) is 0 Å². The van der Waals surface area contributed by atoms with Gasteiger partial charge in [-0.25, -0.2) is 4.98 Å². The monoisotopic (exact) mass is 358 g/mol. The summed E-state index contributed by atoms with van der Waals surface area (Å²) >= 11 is 0. The summed E-state index contributed by atoms with van der Waals surface area (Å²) < 4.78 is 11.2. The van der Waals surface area contributed by atoms with E-state index in [0.717, 1.165) is 16.8 Å². The molecule has 5 nitrogen and oxygen atoms in total. The number of carbonyl (C=O) groups excluding carboxylic acids is 1. The Bertz CT molecular complexity index is 949. The van der Waals surface area contributed by atoms with Crippen LogP contribution < -0.4 is 5.32 Å². The smallest absolute Gasteiger partial charge is 0.227 e. The summed E-state index contributed by atoms with van der Waals surface area (Å²) in [7, 11) is 0. The minimum absolute atomic E-state index is 0.148. The number of hydrogen-bond acceptors (Lipinski definition) is 4. The third kappa shape index (κ3) is 3.98. The van der Waals surface area contributed by atoms with Gasteiger partial charge in [0.15, 0.2) is 17.5 Å². The Morgan fingerprint density at radius 2 is 1.59 bits per heavy atom. The molecule has 0 aliphatic heterocycles. The topological polar surface area (TPSA) is 68.3 Å². The second kappa shape index (κ2) is 7.74. The highest BCUT2D eigenvalue weighted by Crippen LogP contribution is 2.32. The predicted octanol–water partition coefficient (Wildman–Crippen LogP) is 5.17. The number of oxazole rings is 1. The molecule has 0 saturated heterocycles. The van der Waals surface area contributed by atoms with Crippen molar-refractivity contribution < 1.29 is 13.6 Å². The highest BCUT2D eigenvalue weighted by atomic mass is 16.4. The molecule has 0 aliphatic rings. The molecule has 2 aromatic carbocycles. The van der Waals surface area contributed by atoms with Gasteiger partial charge in [0.1, 0.15) is 5.69 Å². The molecule has 2 aromatic heterocycles. The SMILES string of the molecule is O=C(CCc1nc(-c2ccccc2)c(-c2ccccc2)o1)Nc1ccco1. The average molecular weight is 358 g/mol. The van der Waals surface area contributed by atoms with E-state index in [0.29, 0.717) is 24.0 Å². The van der Waals surface area contributed by atoms with E-state index in [1.807, 2.05) is 60.7 Å². The maximum absolute atomic E-state index is 12.1. The Hall–Kier alpha value is -3.60. The predicted molar refractivity (Wildman–Crippen MR) is 103 cm³/mol. The quantitative estimate of drug-likeness (QED) is 0.516. The lowest BCUT2D eigenvalue weighted by atomic mass is 10.1. The van der Waals surface area contributed by atoms with Gasteiger partial charge in [0.2, 0.25) is 5.91 Å². The molecule has 0 fully saturated rings. The lowest BCUT2D eigenvalue weighted by Crippen LogP contribution is -2.11. The number of aryl methyl sites for hydroxylation is 1. The highest BCUT2D eigenvalue weighted by molar-refractivity contribution is 5.89. The molecule has 1 amide bonds. The Kier molecular flexibility index (Phi) is 4.83. The van der Waals surface area contributed by atoms with E-state index in [4.69, 9.17) is 8.83 Å². The minimum Gasteiger partial charge on any atom is -0.449 e. The largest absolute Gasteiger partial charge is 0.449 e. The molecule has 0 radical (unpaired) electrons. The molecule has 2 heterocycles. The van der Waals surface area contributed by atoms with Gasteiger partial charge in [-0.05, 0) is 6.07 Å². The number of rotatable bonds is 6. The third-order valence-electron chi connectivity index (χ3n) is 4.10. The van der Waals surface area contributed by atoms with Crippen LogP contribution in [-0.2, 0) is 11.2 Å². The van der Waals surface area contributed by atoms with Gasteiger partial charge in [0.05, 0.1) is 6.26 Å². The molecule has 134 valence electrons. The molecular formula is C22H18N2O3. The molecule has 4 aromatic rings. The Morgan fingerprint density at radius 3 is 2.26 bits per heavy atom. The molecule has 0 saturated carbocycles. The van der Waals surface area contributed by atoms with Crippen molar-refractivity contribution in [1.29, 1.82) is 0 Å². The van der Waals surface area contributed by atoms with E-state index in [-0.39, 0.29) is 12.3 Å². The molecular weight excluding hydrogens is 340 g/mol. The van der Waals surface area contributed by atoms with Crippen LogP contribution in [0.15, 0.2) is 87.9 Å². The molecule has 5 heteroatoms. The van der Waals surface area contributed by atoms with Gasteiger partial charge in [-0.1, -0.05) is 60.7 Å². The third-order valence-corrected chi connectivity index (χ3v) is 4.10. The molecule has 0 bridgehead atoms. The summed E-state index contributed by atoms with van der Waals surface area (Å²) in [6, 6.07) is 23.2. The summed E-state index contributed by atoms with van der Waals surface area (Å²) in [6.07, 6.45) is 2.17. The summed E-state index contributed by atoms with van der Waals surface area (Å²) in [6.45, 7) is 0. The number of furan rings is 1. The first kappa shape index (κ1) is 16.8. The molecule has 27 heavy (non-hydrogen) atoms. The fourth-order valence-corrected chi connectivity index (χ4v) is 2.82. The van der Waals surface area contributed by atoms with Gasteiger partial charge in [-0.3, -0.25) is 10.1 Å². The number of nitrogens with one attached hydrogen (secondary N) is 1. The second-order valence-corrected chi connectivity index (χ2v) is 6.04. The van der Waals surface area contributed by atoms with Crippen molar-refractivity contribution in [3.8, 4) is 22.6 Å². The maximum Gasteiger partial charge on any atom is 0.227 e. The van der Waals surface area contributed by atoms with Crippen molar-refractivity contribution >= 4 is 11.8 Å². The molecule has 4 rings (SSSR count). The van der Waals surface area contributed by atoms with Crippen molar-refractivity contribution in [2.45, 2.75) is 12.8 Å². The van der Waals surface area contributed by atoms with Crippen LogP contribution in [0.3, 0.4) is 0 Å². The van der Waals surface area contributed by atoms with Gasteiger partial charge in [0, 0.05) is 30.0 Å². The van der Waals surface area contributed by atoms with Gasteiger partial charge < -0.3 is 8.83 Å². The van der Waals surface area contributed by atoms with Gasteiger partial charge in [-0.2, -0.15) is 0 Å². The second-order valence-electron chi connectivity index (χ2n) is 6.04. The normalized spacial score (nSPS) is 10.7. The Balaban J connectivity index is 1.57. The zero-order chi connectivity index (χ0) is 18.5. The lowest BCUT2D eigenvalue weighted by molar-refractivity contribution is -0.116. The zero-order valence-electron chi connectivity index (χ0n) is 14.6. The van der Waals surface area contributed by atoms with Crippen LogP contribution >= 0.6 is 0 Å². The van der Waals surface area contributed by atoms with E-state index in [1.165, 1.54) is 6.26 Å². The average Bonchev–Trinajstić information content (AvgIpc) is 3.38. The minimum atomic E-state index is -0.148. The van der Waals surface area contributed by atoms with E-state index in [2.05, 4.69) is 10.3 Å². The van der Waals surface area contributed by atoms with Crippen LogP contribution in [0, 0.1) is 0 Å². The first-order valence-electron chi connectivity index (χ1n) is 8.73. The van der Waals surface area contributed by atoms with E-state index in [1.54, 1.807) is 12.1 Å². The Labute approximate surface area is 156 Å². The number of benzene rings is 2. The van der Waals surface area contributed by atoms with Gasteiger partial charge in [-0.15, -0.1) is 0 Å². The fraction of sp³-hybridized carbons (Fsp3) is 0.0909. The summed E-state index contributed by atoms with van der Waals surface area (Å²) in [5.41, 5.74) is 2.71. The zero-order valence-corrected chi connectivity index (χ0v) is 14.6. The van der Waals surface area contributed by atoms with Crippen molar-refractivity contribution in [2.24, 2.45) is 0 Å². The standard InChI is InChI=1S/C22H18N2O3/c25-18(23-19-12-7-15-26-19)13-14-20-24-21(16-8-3-1-4-9-16)22(27-20)17-10-5-2-6-11-17/h1-12,15H,13-14H2,(H,23,25). The molecule has 1 N–H and O–H groups in total. The number of aromatic nitrogens is 1. The van der Waals surface area contributed by atoms with E-state index >= 15 is 0 Å². The first-order chi connectivity index (χ1) is 13.3. The number of hydrogen-bond donors (Lipinski definition) is 1. The lowest BCUT2D eigenvalue weighted by Gasteiger charge is -2.01. The van der Waals surface area contributed by atoms with Crippen LogP contribution in [0.2, 0.25) is 0 Å². The van der Waals surface area contributed by atoms with Crippen LogP contribution in [0.5, 0.6) is 0 Å². The summed E-state index contributed by atoms with van der Waals surface area (Å²) in [5, 5.41) is 2.70. The molecule has 0 aliphatic carbocycles. The van der Waals surface area contributed by atoms with Crippen LogP contribution in [0.1, 0.15) is 12.3 Å². The van der Waals surface area contributed by atoms with E-state index < -0.39 is 0 Å². The van der Waals surface area contributed by atoms with Crippen LogP contribution in [0.25, 0.3) is 22.6 Å². The Morgan fingerprint density at radius 1 is 0.889 bits per heavy atom. The molecule has 0 atom stereocenters. The van der Waals surface area contributed by atoms with Crippen molar-refractivity contribution in [1.82, 2.24) is 4.98 Å². The number of carbonyl (C=O) groups is 1. The number of amides is 1. The van der Waals surface area contributed by atoms with Crippen molar-refractivity contribution in [3.63, 3.8) is 0 Å². The number of nitrogens with zero attached hydrogens (tertiary/aromatic N) is 1. The van der Waals surface area contributed by atoms with E-state index in [9.17, 15) is 4.79 Å². The van der Waals surface area contributed by atoms with Gasteiger partial charge >= 0.3 is 0 Å². The van der Waals surface area contributed by atoms with Crippen LogP contribution in [0.4, 0.5) is 5.88 Å². The maximum atomic E-state index is 12.1. The van der Waals surface area contributed by atoms with Crippen molar-refractivity contribution in [3.05, 3.63) is 85.0 Å². The van der Waals surface area contributed by atoms with Crippen LogP contribution in [-0.4, -0.2) is 10.9 Å². The number of anilines is 1.